The fraction of sp³-hybridized carbons (Fsp3) is 1.00. The van der Waals surface area contributed by atoms with Crippen LogP contribution in [0.4, 0.5) is 0 Å². The Morgan fingerprint density at radius 2 is 0.640 bits per heavy atom. The van der Waals surface area contributed by atoms with E-state index >= 15 is 0 Å². The molecule has 0 heterocycles. The lowest BCUT2D eigenvalue weighted by atomic mass is 10.00. The molecule has 0 aromatic heterocycles. The van der Waals surface area contributed by atoms with E-state index in [0.29, 0.717) is 0 Å². The summed E-state index contributed by atoms with van der Waals surface area (Å²) in [5.41, 5.74) is 0. The highest BCUT2D eigenvalue weighted by molar-refractivity contribution is 6.82. The van der Waals surface area contributed by atoms with Crippen LogP contribution in [-0.4, -0.2) is 28.7 Å². The Balaban J connectivity index is 6.56. The van der Waals surface area contributed by atoms with Gasteiger partial charge in [-0.25, -0.2) is 0 Å². The van der Waals surface area contributed by atoms with Gasteiger partial charge in [0.15, 0.2) is 20.6 Å². The van der Waals surface area contributed by atoms with E-state index in [2.05, 4.69) is 0 Å². The highest BCUT2D eigenvalue weighted by atomic mass is 35.6. The Morgan fingerprint density at radius 1 is 0.360 bits per heavy atom. The van der Waals surface area contributed by atoms with E-state index < -0.39 is 34.6 Å². The lowest BCUT2D eigenvalue weighted by Gasteiger charge is -2.52. The van der Waals surface area contributed by atoms with E-state index in [1.54, 1.807) is 0 Å². The molecule has 0 atom stereocenters. The number of hydrogen-bond acceptors (Lipinski definition) is 0. The summed E-state index contributed by atoms with van der Waals surface area (Å²) < 4.78 is -18.6. The van der Waals surface area contributed by atoms with E-state index in [1.165, 1.54) is 0 Å². The average Bonchev–Trinajstić information content (AvgIpc) is 2.21. The summed E-state index contributed by atoms with van der Waals surface area (Å²) in [6.45, 7) is 0. The SMILES string of the molecule is ClC(Cl)(Cl)C(C(Cl)(Cl)Cl)C(Cl)(Cl)C(Cl)(Cl)C(Cl)(Cl)C(Cl)(Cl)C(Cl)(Cl)Cl. The van der Waals surface area contributed by atoms with E-state index in [4.69, 9.17) is 197 Å². The number of halogens is 17. The van der Waals surface area contributed by atoms with Crippen LogP contribution in [0.1, 0.15) is 0 Å². The summed E-state index contributed by atoms with van der Waals surface area (Å²) in [6, 6.07) is 0. The summed E-state index contributed by atoms with van der Waals surface area (Å²) in [5.74, 6) is -1.95. The monoisotopic (exact) mass is 691 g/mol. The standard InChI is InChI=1S/C8HCl17/c9-2(10,1(3(11,12)13)4(14,15)16)5(17,18)6(19,20)7(21,22)8(23,24)25/h1H. The van der Waals surface area contributed by atoms with Crippen molar-refractivity contribution < 1.29 is 0 Å². The van der Waals surface area contributed by atoms with Gasteiger partial charge in [-0.2, -0.15) is 0 Å². The molecule has 0 bridgehead atoms. The minimum Gasteiger partial charge on any atom is -0.0975 e. The van der Waals surface area contributed by atoms with Gasteiger partial charge in [-0.15, -0.1) is 0 Å². The molecule has 0 amide bonds. The third kappa shape index (κ3) is 6.04. The fourth-order valence-corrected chi connectivity index (χ4v) is 7.91. The number of hydrogen-bond donors (Lipinski definition) is 0. The predicted molar refractivity (Wildman–Crippen MR) is 122 cm³/mol. The average molecular weight is 700 g/mol. The molecule has 0 aliphatic carbocycles. The molecule has 0 radical (unpaired) electrons. The minimum absolute atomic E-state index is 1.95. The van der Waals surface area contributed by atoms with Crippen LogP contribution in [-0.2, 0) is 0 Å². The molecule has 0 nitrogen and oxygen atoms in total. The lowest BCUT2D eigenvalue weighted by Crippen LogP contribution is -2.66. The van der Waals surface area contributed by atoms with Crippen LogP contribution in [0.25, 0.3) is 0 Å². The van der Waals surface area contributed by atoms with Gasteiger partial charge < -0.3 is 0 Å². The van der Waals surface area contributed by atoms with Crippen LogP contribution < -0.4 is 0 Å². The van der Waals surface area contributed by atoms with Gasteiger partial charge in [-0.1, -0.05) is 197 Å². The van der Waals surface area contributed by atoms with Crippen molar-refractivity contribution in [1.82, 2.24) is 0 Å². The number of alkyl halides is 17. The van der Waals surface area contributed by atoms with Crippen LogP contribution in [0.15, 0.2) is 0 Å². The van der Waals surface area contributed by atoms with Crippen molar-refractivity contribution in [1.29, 1.82) is 0 Å². The van der Waals surface area contributed by atoms with Gasteiger partial charge in [0, 0.05) is 0 Å². The first-order valence-electron chi connectivity index (χ1n) is 5.08. The molecule has 25 heavy (non-hydrogen) atoms. The van der Waals surface area contributed by atoms with E-state index in [1.807, 2.05) is 0 Å². The van der Waals surface area contributed by atoms with Gasteiger partial charge in [0.25, 0.3) is 0 Å². The van der Waals surface area contributed by atoms with Gasteiger partial charge in [0.1, 0.15) is 0 Å². The molecule has 0 saturated heterocycles. The zero-order chi connectivity index (χ0) is 21.1. The maximum absolute atomic E-state index is 6.18. The first kappa shape index (κ1) is 29.9. The minimum atomic E-state index is -2.85. The number of rotatable bonds is 4. The van der Waals surface area contributed by atoms with Crippen molar-refractivity contribution in [3.05, 3.63) is 0 Å². The van der Waals surface area contributed by atoms with Gasteiger partial charge in [0.2, 0.25) is 8.13 Å². The second-order valence-electron chi connectivity index (χ2n) is 4.36. The summed E-state index contributed by atoms with van der Waals surface area (Å²) >= 11 is 100. The van der Waals surface area contributed by atoms with Crippen molar-refractivity contribution in [3.63, 3.8) is 0 Å². The smallest absolute Gasteiger partial charge is 0.0975 e. The molecule has 0 aromatic rings. The fourth-order valence-electron chi connectivity index (χ4n) is 1.36. The summed E-state index contributed by atoms with van der Waals surface area (Å²) in [5, 5.41) is 0. The van der Waals surface area contributed by atoms with Crippen LogP contribution in [0.5, 0.6) is 0 Å². The third-order valence-corrected chi connectivity index (χ3v) is 10.9. The molecule has 0 saturated carbocycles. The van der Waals surface area contributed by atoms with Crippen molar-refractivity contribution >= 4 is 197 Å². The van der Waals surface area contributed by atoms with Crippen molar-refractivity contribution in [2.75, 3.05) is 0 Å². The molecule has 0 rings (SSSR count). The first-order chi connectivity index (χ1) is 10.4. The maximum Gasteiger partial charge on any atom is 0.226 e. The second kappa shape index (κ2) is 9.05. The molecule has 0 N–H and O–H groups in total. The van der Waals surface area contributed by atoms with E-state index in [-0.39, 0.29) is 0 Å². The Labute approximate surface area is 228 Å². The van der Waals surface area contributed by atoms with Gasteiger partial charge in [-0.05, 0) is 0 Å². The van der Waals surface area contributed by atoms with Crippen LogP contribution in [0.3, 0.4) is 0 Å². The van der Waals surface area contributed by atoms with Gasteiger partial charge in [0.05, 0.1) is 5.92 Å². The molecule has 152 valence electrons. The Morgan fingerprint density at radius 3 is 0.840 bits per heavy atom. The van der Waals surface area contributed by atoms with Crippen LogP contribution >= 0.6 is 197 Å². The lowest BCUT2D eigenvalue weighted by molar-refractivity contribution is 0.403. The van der Waals surface area contributed by atoms with Crippen molar-refractivity contribution in [2.45, 2.75) is 28.7 Å². The summed E-state index contributed by atoms with van der Waals surface area (Å²) in [6.07, 6.45) is 0. The predicted octanol–water partition coefficient (Wildman–Crippen LogP) is 10.4. The van der Waals surface area contributed by atoms with Gasteiger partial charge in [-0.3, -0.25) is 0 Å². The zero-order valence-corrected chi connectivity index (χ0v) is 23.4. The zero-order valence-electron chi connectivity index (χ0n) is 10.5. The molecule has 17 heteroatoms. The molecule has 0 fully saturated rings. The first-order valence-corrected chi connectivity index (χ1v) is 11.5. The third-order valence-electron chi connectivity index (χ3n) is 2.58. The summed E-state index contributed by atoms with van der Waals surface area (Å²) in [7, 11) is 0. The molecule has 0 aliphatic heterocycles. The molecule has 0 aromatic carbocycles. The van der Waals surface area contributed by atoms with Crippen molar-refractivity contribution in [3.8, 4) is 0 Å². The highest BCUT2D eigenvalue weighted by Gasteiger charge is 2.77. The molecule has 0 aliphatic rings. The topological polar surface area (TPSA) is 0 Å². The normalized spacial score (nSPS) is 16.6. The highest BCUT2D eigenvalue weighted by Crippen LogP contribution is 2.70. The van der Waals surface area contributed by atoms with E-state index in [9.17, 15) is 0 Å². The van der Waals surface area contributed by atoms with Crippen molar-refractivity contribution in [2.24, 2.45) is 5.92 Å². The van der Waals surface area contributed by atoms with E-state index in [0.717, 1.165) is 0 Å². The molecule has 0 unspecified atom stereocenters. The molecular weight excluding hydrogens is 699 g/mol. The van der Waals surface area contributed by atoms with Crippen LogP contribution in [0.2, 0.25) is 0 Å². The Kier molecular flexibility index (Phi) is 10.8. The molecular formula is C8HCl17. The quantitative estimate of drug-likeness (QED) is 0.256. The van der Waals surface area contributed by atoms with Gasteiger partial charge >= 0.3 is 0 Å². The molecule has 0 spiro atoms. The maximum atomic E-state index is 6.18. The Bertz CT molecular complexity index is 458. The summed E-state index contributed by atoms with van der Waals surface area (Å²) in [4.78, 5) is 0. The largest absolute Gasteiger partial charge is 0.226 e. The Hall–Kier alpha value is 4.93. The van der Waals surface area contributed by atoms with Crippen LogP contribution in [0, 0.1) is 5.92 Å². The second-order valence-corrected chi connectivity index (χ2v) is 16.7.